The van der Waals surface area contributed by atoms with Crippen molar-refractivity contribution >= 4 is 38.9 Å². The molecule has 2 rings (SSSR count). The number of nitrogens with zero attached hydrogens (tertiary/aromatic N) is 1. The predicted octanol–water partition coefficient (Wildman–Crippen LogP) is 4.87. The van der Waals surface area contributed by atoms with E-state index in [0.29, 0.717) is 22.8 Å². The third-order valence-electron chi connectivity index (χ3n) is 4.43. The van der Waals surface area contributed by atoms with Crippen molar-refractivity contribution in [2.45, 2.75) is 45.6 Å². The summed E-state index contributed by atoms with van der Waals surface area (Å²) in [6, 6.07) is 13.3. The first kappa shape index (κ1) is 22.2. The van der Waals surface area contributed by atoms with Crippen molar-refractivity contribution in [3.63, 3.8) is 0 Å². The zero-order valence-corrected chi connectivity index (χ0v) is 18.1. The van der Waals surface area contributed by atoms with Crippen LogP contribution in [-0.4, -0.2) is 26.6 Å². The molecule has 0 fully saturated rings. The van der Waals surface area contributed by atoms with Crippen molar-refractivity contribution in [2.24, 2.45) is 0 Å². The number of sulfonamides is 1. The van der Waals surface area contributed by atoms with Crippen LogP contribution in [0.1, 0.15) is 38.7 Å². The smallest absolute Gasteiger partial charge is 0.248 e. The van der Waals surface area contributed by atoms with Gasteiger partial charge in [0.25, 0.3) is 0 Å². The van der Waals surface area contributed by atoms with E-state index in [1.54, 1.807) is 31.2 Å². The van der Waals surface area contributed by atoms with Gasteiger partial charge in [-0.3, -0.25) is 9.10 Å². The lowest BCUT2D eigenvalue weighted by Crippen LogP contribution is -2.47. The first-order valence-corrected chi connectivity index (χ1v) is 11.6. The quantitative estimate of drug-likeness (QED) is 0.627. The summed E-state index contributed by atoms with van der Waals surface area (Å²) in [6.45, 7) is 3.92. The summed E-state index contributed by atoms with van der Waals surface area (Å²) >= 11 is 6.03. The number of anilines is 2. The molecule has 28 heavy (non-hydrogen) atoms. The molecule has 2 aromatic rings. The average molecular weight is 423 g/mol. The maximum atomic E-state index is 12.9. The number of carbonyl (C=O) groups is 1. The molecule has 0 radical (unpaired) electrons. The van der Waals surface area contributed by atoms with Gasteiger partial charge < -0.3 is 5.32 Å². The first-order chi connectivity index (χ1) is 13.3. The number of halogens is 1. The molecule has 0 aliphatic carbocycles. The van der Waals surface area contributed by atoms with E-state index in [4.69, 9.17) is 11.6 Å². The molecule has 7 heteroatoms. The Hall–Kier alpha value is -2.05. The number of amides is 1. The van der Waals surface area contributed by atoms with E-state index in [1.807, 2.05) is 24.3 Å². The molecule has 0 saturated heterocycles. The van der Waals surface area contributed by atoms with Crippen LogP contribution in [-0.2, 0) is 21.2 Å². The van der Waals surface area contributed by atoms with Crippen LogP contribution in [0, 0.1) is 0 Å². The normalized spacial score (nSPS) is 12.4. The molecule has 2 aromatic carbocycles. The minimum Gasteiger partial charge on any atom is -0.324 e. The van der Waals surface area contributed by atoms with Crippen molar-refractivity contribution in [2.75, 3.05) is 15.9 Å². The molecular formula is C21H27ClN2O3S. The molecule has 0 spiro atoms. The number of benzene rings is 2. The van der Waals surface area contributed by atoms with E-state index in [9.17, 15) is 13.2 Å². The summed E-state index contributed by atoms with van der Waals surface area (Å²) in [5, 5.41) is 3.24. The summed E-state index contributed by atoms with van der Waals surface area (Å²) in [6.07, 6.45) is 4.65. The van der Waals surface area contributed by atoms with Crippen LogP contribution >= 0.6 is 11.6 Å². The molecule has 0 bridgehead atoms. The Balaban J connectivity index is 2.24. The summed E-state index contributed by atoms with van der Waals surface area (Å²) in [5.74, 6) is -0.380. The zero-order chi connectivity index (χ0) is 20.7. The molecule has 0 aromatic heterocycles. The molecular weight excluding hydrogens is 396 g/mol. The zero-order valence-electron chi connectivity index (χ0n) is 16.5. The Morgan fingerprint density at radius 1 is 1.14 bits per heavy atom. The summed E-state index contributed by atoms with van der Waals surface area (Å²) in [7, 11) is -3.69. The Bertz CT molecular complexity index is 898. The molecule has 152 valence electrons. The Kier molecular flexibility index (Phi) is 7.89. The Morgan fingerprint density at radius 2 is 1.82 bits per heavy atom. The van der Waals surface area contributed by atoms with E-state index >= 15 is 0 Å². The predicted molar refractivity (Wildman–Crippen MR) is 117 cm³/mol. The molecule has 0 saturated carbocycles. The minimum atomic E-state index is -3.69. The molecule has 0 aliphatic heterocycles. The van der Waals surface area contributed by atoms with Gasteiger partial charge in [-0.2, -0.15) is 0 Å². The van der Waals surface area contributed by atoms with Crippen molar-refractivity contribution in [3.05, 3.63) is 59.1 Å². The SMILES string of the molecule is CCCCc1ccc(NC(=O)C(CC)N(c2cccc(Cl)c2)S(C)(=O)=O)cc1. The highest BCUT2D eigenvalue weighted by Crippen LogP contribution is 2.26. The van der Waals surface area contributed by atoms with E-state index in [1.165, 1.54) is 5.56 Å². The van der Waals surface area contributed by atoms with Crippen LogP contribution in [0.4, 0.5) is 11.4 Å². The summed E-state index contributed by atoms with van der Waals surface area (Å²) in [5.41, 5.74) is 2.22. The highest BCUT2D eigenvalue weighted by atomic mass is 35.5. The number of hydrogen-bond donors (Lipinski definition) is 1. The second-order valence-electron chi connectivity index (χ2n) is 6.75. The van der Waals surface area contributed by atoms with Gasteiger partial charge in [0.1, 0.15) is 6.04 Å². The summed E-state index contributed by atoms with van der Waals surface area (Å²) < 4.78 is 26.0. The van der Waals surface area contributed by atoms with Crippen LogP contribution in [0.3, 0.4) is 0 Å². The maximum Gasteiger partial charge on any atom is 0.248 e. The van der Waals surface area contributed by atoms with Gasteiger partial charge in [-0.15, -0.1) is 0 Å². The maximum absolute atomic E-state index is 12.9. The van der Waals surface area contributed by atoms with Crippen LogP contribution in [0.25, 0.3) is 0 Å². The Morgan fingerprint density at radius 3 is 2.36 bits per heavy atom. The van der Waals surface area contributed by atoms with Gasteiger partial charge in [-0.25, -0.2) is 8.42 Å². The molecule has 0 aliphatic rings. The molecule has 1 amide bonds. The fourth-order valence-corrected chi connectivity index (χ4v) is 4.42. The van der Waals surface area contributed by atoms with Gasteiger partial charge in [-0.1, -0.05) is 50.1 Å². The van der Waals surface area contributed by atoms with Gasteiger partial charge >= 0.3 is 0 Å². The third-order valence-corrected chi connectivity index (χ3v) is 5.85. The highest BCUT2D eigenvalue weighted by molar-refractivity contribution is 7.92. The summed E-state index contributed by atoms with van der Waals surface area (Å²) in [4.78, 5) is 12.9. The van der Waals surface area contributed by atoms with Crippen molar-refractivity contribution in [1.29, 1.82) is 0 Å². The number of aryl methyl sites for hydroxylation is 1. The molecule has 1 unspecified atom stereocenters. The standard InChI is InChI=1S/C21H27ClN2O3S/c1-4-6-8-16-11-13-18(14-12-16)23-21(25)20(5-2)24(28(3,26)27)19-10-7-9-17(22)15-19/h7,9-15,20H,4-6,8H2,1-3H3,(H,23,25). The second kappa shape index (κ2) is 9.94. The number of rotatable bonds is 9. The van der Waals surface area contributed by atoms with Gasteiger partial charge in [-0.05, 0) is 55.2 Å². The third kappa shape index (κ3) is 5.97. The lowest BCUT2D eigenvalue weighted by atomic mass is 10.1. The van der Waals surface area contributed by atoms with Crippen LogP contribution < -0.4 is 9.62 Å². The molecule has 1 atom stereocenters. The van der Waals surface area contributed by atoms with Crippen molar-refractivity contribution < 1.29 is 13.2 Å². The average Bonchev–Trinajstić information content (AvgIpc) is 2.64. The highest BCUT2D eigenvalue weighted by Gasteiger charge is 2.31. The van der Waals surface area contributed by atoms with Gasteiger partial charge in [0.05, 0.1) is 11.9 Å². The second-order valence-corrected chi connectivity index (χ2v) is 9.05. The van der Waals surface area contributed by atoms with Crippen LogP contribution in [0.5, 0.6) is 0 Å². The van der Waals surface area contributed by atoms with Gasteiger partial charge in [0.15, 0.2) is 0 Å². The number of unbranched alkanes of at least 4 members (excludes halogenated alkanes) is 1. The first-order valence-electron chi connectivity index (χ1n) is 9.41. The fourth-order valence-electron chi connectivity index (χ4n) is 3.03. The van der Waals surface area contributed by atoms with Crippen LogP contribution in [0.2, 0.25) is 5.02 Å². The number of hydrogen-bond acceptors (Lipinski definition) is 3. The Labute approximate surface area is 172 Å². The molecule has 1 N–H and O–H groups in total. The minimum absolute atomic E-state index is 0.319. The van der Waals surface area contributed by atoms with Crippen molar-refractivity contribution in [1.82, 2.24) is 0 Å². The van der Waals surface area contributed by atoms with E-state index < -0.39 is 16.1 Å². The largest absolute Gasteiger partial charge is 0.324 e. The van der Waals surface area contributed by atoms with E-state index in [-0.39, 0.29) is 5.91 Å². The molecule has 0 heterocycles. The van der Waals surface area contributed by atoms with E-state index in [2.05, 4.69) is 12.2 Å². The monoisotopic (exact) mass is 422 g/mol. The lowest BCUT2D eigenvalue weighted by molar-refractivity contribution is -0.117. The topological polar surface area (TPSA) is 66.5 Å². The van der Waals surface area contributed by atoms with Gasteiger partial charge in [0, 0.05) is 10.7 Å². The molecule has 5 nitrogen and oxygen atoms in total. The van der Waals surface area contributed by atoms with E-state index in [0.717, 1.165) is 29.8 Å². The van der Waals surface area contributed by atoms with Crippen LogP contribution in [0.15, 0.2) is 48.5 Å². The number of nitrogens with one attached hydrogen (secondary N) is 1. The number of carbonyl (C=O) groups excluding carboxylic acids is 1. The van der Waals surface area contributed by atoms with Gasteiger partial charge in [0.2, 0.25) is 15.9 Å². The fraction of sp³-hybridized carbons (Fsp3) is 0.381. The lowest BCUT2D eigenvalue weighted by Gasteiger charge is -2.30. The van der Waals surface area contributed by atoms with Crippen molar-refractivity contribution in [3.8, 4) is 0 Å².